The van der Waals surface area contributed by atoms with E-state index < -0.39 is 11.7 Å². The second-order valence-corrected chi connectivity index (χ2v) is 8.04. The number of thioether (sulfide) groups is 1. The second-order valence-electron chi connectivity index (χ2n) is 7.26. The third kappa shape index (κ3) is 8.87. The van der Waals surface area contributed by atoms with Gasteiger partial charge in [0.05, 0.1) is 5.56 Å². The number of halogens is 4. The van der Waals surface area contributed by atoms with Gasteiger partial charge in [0.1, 0.15) is 5.82 Å². The van der Waals surface area contributed by atoms with Crippen LogP contribution in [-0.2, 0) is 25.7 Å². The molecular weight excluding hydrogens is 540 g/mol. The van der Waals surface area contributed by atoms with Crippen LogP contribution in [0.3, 0.4) is 0 Å². The summed E-state index contributed by atoms with van der Waals surface area (Å²) in [5.74, 6) is 2.00. The molecule has 1 aromatic heterocycles. The lowest BCUT2D eigenvalue weighted by molar-refractivity contribution is -0.137. The number of alkyl halides is 3. The minimum Gasteiger partial charge on any atom is -0.356 e. The number of hydrogen-bond acceptors (Lipinski definition) is 4. The highest BCUT2D eigenvalue weighted by molar-refractivity contribution is 14.0. The molecule has 2 rings (SSSR count). The Morgan fingerprint density at radius 1 is 1.23 bits per heavy atom. The van der Waals surface area contributed by atoms with E-state index in [9.17, 15) is 13.2 Å². The molecule has 6 nitrogen and oxygen atoms in total. The van der Waals surface area contributed by atoms with E-state index in [-0.39, 0.29) is 30.5 Å². The van der Waals surface area contributed by atoms with E-state index in [4.69, 9.17) is 0 Å². The Hall–Kier alpha value is -1.50. The van der Waals surface area contributed by atoms with Gasteiger partial charge in [0.2, 0.25) is 0 Å². The van der Waals surface area contributed by atoms with Crippen molar-refractivity contribution in [2.45, 2.75) is 51.1 Å². The maximum atomic E-state index is 12.8. The van der Waals surface area contributed by atoms with Crippen LogP contribution in [0, 0.1) is 5.92 Å². The van der Waals surface area contributed by atoms with Crippen molar-refractivity contribution in [3.8, 4) is 0 Å². The molecule has 0 aliphatic rings. The van der Waals surface area contributed by atoms with Crippen molar-refractivity contribution in [1.29, 1.82) is 0 Å². The number of hydrogen-bond donors (Lipinski definition) is 2. The van der Waals surface area contributed by atoms with Gasteiger partial charge >= 0.3 is 6.18 Å². The first-order valence-electron chi connectivity index (χ1n) is 9.81. The first kappa shape index (κ1) is 27.5. The van der Waals surface area contributed by atoms with Gasteiger partial charge in [0.15, 0.2) is 11.1 Å². The van der Waals surface area contributed by atoms with Crippen molar-refractivity contribution in [1.82, 2.24) is 25.4 Å². The third-order valence-corrected chi connectivity index (χ3v) is 5.00. The molecule has 0 spiro atoms. The van der Waals surface area contributed by atoms with Crippen molar-refractivity contribution < 1.29 is 13.2 Å². The first-order chi connectivity index (χ1) is 14.2. The molecule has 0 aliphatic carbocycles. The molecule has 0 saturated carbocycles. The van der Waals surface area contributed by atoms with Gasteiger partial charge < -0.3 is 15.2 Å². The maximum Gasteiger partial charge on any atom is 0.416 e. The quantitative estimate of drug-likeness (QED) is 0.152. The molecule has 0 saturated heterocycles. The molecule has 1 aromatic carbocycles. The summed E-state index contributed by atoms with van der Waals surface area (Å²) in [7, 11) is 1.63. The predicted octanol–water partition coefficient (Wildman–Crippen LogP) is 4.59. The Morgan fingerprint density at radius 3 is 2.58 bits per heavy atom. The van der Waals surface area contributed by atoms with E-state index in [0.717, 1.165) is 42.5 Å². The fourth-order valence-corrected chi connectivity index (χ4v) is 3.44. The minimum atomic E-state index is -4.35. The number of aliphatic imine (C=N–C) groups is 1. The highest BCUT2D eigenvalue weighted by Gasteiger charge is 2.30. The van der Waals surface area contributed by atoms with Crippen molar-refractivity contribution in [2.24, 2.45) is 10.9 Å². The molecule has 0 aliphatic heterocycles. The second kappa shape index (κ2) is 13.1. The molecule has 174 valence electrons. The summed E-state index contributed by atoms with van der Waals surface area (Å²) in [5, 5.41) is 15.7. The van der Waals surface area contributed by atoms with E-state index >= 15 is 0 Å². The van der Waals surface area contributed by atoms with Crippen molar-refractivity contribution >= 4 is 41.7 Å². The first-order valence-corrected chi connectivity index (χ1v) is 11.0. The fraction of sp³-hybridized carbons (Fsp3) is 0.550. The molecule has 0 atom stereocenters. The summed E-state index contributed by atoms with van der Waals surface area (Å²) in [4.78, 5) is 4.13. The van der Waals surface area contributed by atoms with Crippen molar-refractivity contribution in [2.75, 3.05) is 19.8 Å². The number of aromatic nitrogens is 3. The zero-order valence-electron chi connectivity index (χ0n) is 18.2. The van der Waals surface area contributed by atoms with Crippen molar-refractivity contribution in [3.63, 3.8) is 0 Å². The van der Waals surface area contributed by atoms with Gasteiger partial charge in [-0.15, -0.1) is 34.2 Å². The summed E-state index contributed by atoms with van der Waals surface area (Å²) in [6.45, 7) is 6.12. The number of benzene rings is 1. The summed E-state index contributed by atoms with van der Waals surface area (Å²) in [6.07, 6.45) is -0.749. The maximum absolute atomic E-state index is 12.8. The molecule has 2 N–H and O–H groups in total. The Bertz CT molecular complexity index is 839. The molecule has 0 amide bonds. The molecule has 11 heteroatoms. The van der Waals surface area contributed by atoms with E-state index in [2.05, 4.69) is 44.2 Å². The third-order valence-electron chi connectivity index (χ3n) is 4.33. The van der Waals surface area contributed by atoms with Gasteiger partial charge in [0.25, 0.3) is 0 Å². The molecule has 31 heavy (non-hydrogen) atoms. The SMILES string of the molecule is CN=C(NCCCc1nnc(SC)n1CC(C)C)NCc1cccc(C(F)(F)F)c1.I. The summed E-state index contributed by atoms with van der Waals surface area (Å²) in [5.41, 5.74) is -0.112. The van der Waals surface area contributed by atoms with E-state index in [0.29, 0.717) is 24.0 Å². The van der Waals surface area contributed by atoms with Crippen LogP contribution >= 0.6 is 35.7 Å². The van der Waals surface area contributed by atoms with Gasteiger partial charge in [-0.2, -0.15) is 13.2 Å². The van der Waals surface area contributed by atoms with Gasteiger partial charge in [0, 0.05) is 33.1 Å². The van der Waals surface area contributed by atoms with Crippen LogP contribution in [0.25, 0.3) is 0 Å². The Morgan fingerprint density at radius 2 is 1.97 bits per heavy atom. The number of aryl methyl sites for hydroxylation is 1. The van der Waals surface area contributed by atoms with E-state index in [1.807, 2.05) is 6.26 Å². The van der Waals surface area contributed by atoms with Crippen LogP contribution in [0.5, 0.6) is 0 Å². The Kier molecular flexibility index (Phi) is 11.7. The summed E-state index contributed by atoms with van der Waals surface area (Å²) < 4.78 is 40.7. The molecule has 0 unspecified atom stereocenters. The molecular formula is C20H30F3IN6S. The van der Waals surface area contributed by atoms with Gasteiger partial charge in [-0.1, -0.05) is 37.7 Å². The number of rotatable bonds is 9. The van der Waals surface area contributed by atoms with Crippen LogP contribution in [0.15, 0.2) is 34.4 Å². The molecule has 2 aromatic rings. The topological polar surface area (TPSA) is 67.1 Å². The Balaban J connectivity index is 0.00000480. The van der Waals surface area contributed by atoms with Gasteiger partial charge in [-0.25, -0.2) is 0 Å². The molecule has 0 radical (unpaired) electrons. The average Bonchev–Trinajstić information content (AvgIpc) is 3.08. The summed E-state index contributed by atoms with van der Waals surface area (Å²) >= 11 is 1.59. The zero-order valence-corrected chi connectivity index (χ0v) is 21.3. The fourth-order valence-electron chi connectivity index (χ4n) is 2.92. The monoisotopic (exact) mass is 570 g/mol. The zero-order chi connectivity index (χ0) is 22.1. The Labute approximate surface area is 202 Å². The predicted molar refractivity (Wildman–Crippen MR) is 130 cm³/mol. The van der Waals surface area contributed by atoms with Gasteiger partial charge in [-0.05, 0) is 36.3 Å². The number of guanidine groups is 1. The van der Waals surface area contributed by atoms with E-state index in [1.54, 1.807) is 24.9 Å². The molecule has 1 heterocycles. The van der Waals surface area contributed by atoms with Gasteiger partial charge in [-0.3, -0.25) is 4.99 Å². The minimum absolute atomic E-state index is 0. The molecule has 0 fully saturated rings. The van der Waals surface area contributed by atoms with Crippen LogP contribution in [0.1, 0.15) is 37.2 Å². The number of nitrogens with zero attached hydrogens (tertiary/aromatic N) is 4. The smallest absolute Gasteiger partial charge is 0.356 e. The standard InChI is InChI=1S/C20H29F3N6S.HI/c1-14(2)13-29-17(27-28-19(29)30-4)9-6-10-25-18(24-3)26-12-15-7-5-8-16(11-15)20(21,22)23;/h5,7-8,11,14H,6,9-10,12-13H2,1-4H3,(H2,24,25,26);1H. The lowest BCUT2D eigenvalue weighted by Gasteiger charge is -2.14. The normalized spacial score (nSPS) is 12.1. The van der Waals surface area contributed by atoms with Crippen LogP contribution < -0.4 is 10.6 Å². The average molecular weight is 570 g/mol. The lowest BCUT2D eigenvalue weighted by atomic mass is 10.1. The highest BCUT2D eigenvalue weighted by atomic mass is 127. The number of nitrogens with one attached hydrogen (secondary N) is 2. The highest BCUT2D eigenvalue weighted by Crippen LogP contribution is 2.29. The van der Waals surface area contributed by atoms with Crippen LogP contribution in [-0.4, -0.2) is 40.6 Å². The summed E-state index contributed by atoms with van der Waals surface area (Å²) in [6, 6.07) is 5.27. The largest absolute Gasteiger partial charge is 0.416 e. The van der Waals surface area contributed by atoms with E-state index in [1.165, 1.54) is 6.07 Å². The van der Waals surface area contributed by atoms with Crippen molar-refractivity contribution in [3.05, 3.63) is 41.2 Å². The lowest BCUT2D eigenvalue weighted by Crippen LogP contribution is -2.37. The molecule has 0 bridgehead atoms. The van der Waals surface area contributed by atoms with Crippen LogP contribution in [0.2, 0.25) is 0 Å². The van der Waals surface area contributed by atoms with Crippen LogP contribution in [0.4, 0.5) is 13.2 Å².